The van der Waals surface area contributed by atoms with E-state index in [1.807, 2.05) is 13.0 Å². The minimum Gasteiger partial charge on any atom is -0.396 e. The van der Waals surface area contributed by atoms with Crippen LogP contribution in [0.2, 0.25) is 0 Å². The monoisotopic (exact) mass is 271 g/mol. The molecule has 1 N–H and O–H groups in total. The number of rotatable bonds is 5. The summed E-state index contributed by atoms with van der Waals surface area (Å²) in [6.07, 6.45) is 4.50. The predicted molar refractivity (Wildman–Crippen MR) is 81.0 cm³/mol. The highest BCUT2D eigenvalue weighted by Gasteiger charge is 2.27. The van der Waals surface area contributed by atoms with Gasteiger partial charge < -0.3 is 10.0 Å². The minimum atomic E-state index is 0.223. The molecule has 0 amide bonds. The Hall–Kier alpha value is -1.68. The van der Waals surface area contributed by atoms with Crippen molar-refractivity contribution in [2.45, 2.75) is 38.6 Å². The molecule has 4 nitrogen and oxygen atoms in total. The molecule has 0 radical (unpaired) electrons. The van der Waals surface area contributed by atoms with Gasteiger partial charge in [0.25, 0.3) is 0 Å². The van der Waals surface area contributed by atoms with Crippen LogP contribution in [-0.2, 0) is 0 Å². The lowest BCUT2D eigenvalue weighted by molar-refractivity contribution is 0.282. The quantitative estimate of drug-likeness (QED) is 0.908. The number of nitrogens with zero attached hydrogens (tertiary/aromatic N) is 3. The van der Waals surface area contributed by atoms with Gasteiger partial charge in [-0.3, -0.25) is 0 Å². The minimum absolute atomic E-state index is 0.223. The van der Waals surface area contributed by atoms with Crippen molar-refractivity contribution in [3.8, 4) is 0 Å². The highest BCUT2D eigenvalue weighted by atomic mass is 16.3. The number of aliphatic hydroxyl groups is 1. The SMILES string of the molecule is Cc1nnc(N(CCCO)C2CCC2)c2ccccc12. The van der Waals surface area contributed by atoms with Crippen molar-refractivity contribution in [1.82, 2.24) is 10.2 Å². The summed E-state index contributed by atoms with van der Waals surface area (Å²) in [4.78, 5) is 2.34. The summed E-state index contributed by atoms with van der Waals surface area (Å²) in [5.74, 6) is 0.976. The fourth-order valence-corrected chi connectivity index (χ4v) is 2.84. The van der Waals surface area contributed by atoms with E-state index in [2.05, 4.69) is 33.3 Å². The van der Waals surface area contributed by atoms with E-state index in [-0.39, 0.29) is 6.61 Å². The van der Waals surface area contributed by atoms with Crippen molar-refractivity contribution in [2.24, 2.45) is 0 Å². The molecule has 0 spiro atoms. The molecular weight excluding hydrogens is 250 g/mol. The zero-order chi connectivity index (χ0) is 13.9. The number of aryl methyl sites for hydroxylation is 1. The Balaban J connectivity index is 2.03. The van der Waals surface area contributed by atoms with Crippen LogP contribution in [0, 0.1) is 6.92 Å². The zero-order valence-corrected chi connectivity index (χ0v) is 11.9. The Labute approximate surface area is 119 Å². The van der Waals surface area contributed by atoms with Gasteiger partial charge in [0.1, 0.15) is 0 Å². The van der Waals surface area contributed by atoms with Gasteiger partial charge in [-0.15, -0.1) is 5.10 Å². The molecule has 1 aromatic carbocycles. The maximum absolute atomic E-state index is 9.13. The number of fused-ring (bicyclic) bond motifs is 1. The molecule has 1 aliphatic carbocycles. The molecule has 0 unspecified atom stereocenters. The van der Waals surface area contributed by atoms with Crippen LogP contribution in [-0.4, -0.2) is 34.5 Å². The van der Waals surface area contributed by atoms with E-state index in [1.54, 1.807) is 0 Å². The number of hydrogen-bond donors (Lipinski definition) is 1. The summed E-state index contributed by atoms with van der Waals surface area (Å²) in [7, 11) is 0. The van der Waals surface area contributed by atoms with Crippen molar-refractivity contribution in [3.63, 3.8) is 0 Å². The summed E-state index contributed by atoms with van der Waals surface area (Å²) >= 11 is 0. The molecule has 1 aromatic heterocycles. The lowest BCUT2D eigenvalue weighted by atomic mass is 9.91. The summed E-state index contributed by atoms with van der Waals surface area (Å²) in [6.45, 7) is 3.07. The highest BCUT2D eigenvalue weighted by molar-refractivity contribution is 5.93. The molecule has 1 fully saturated rings. The normalized spacial score (nSPS) is 15.3. The van der Waals surface area contributed by atoms with Crippen molar-refractivity contribution in [2.75, 3.05) is 18.1 Å². The van der Waals surface area contributed by atoms with Gasteiger partial charge in [0.15, 0.2) is 5.82 Å². The van der Waals surface area contributed by atoms with Gasteiger partial charge in [-0.2, -0.15) is 5.10 Å². The average Bonchev–Trinajstić information content (AvgIpc) is 2.42. The van der Waals surface area contributed by atoms with Crippen LogP contribution in [0.4, 0.5) is 5.82 Å². The molecule has 1 saturated carbocycles. The van der Waals surface area contributed by atoms with Gasteiger partial charge in [0, 0.05) is 30.0 Å². The largest absolute Gasteiger partial charge is 0.396 e. The van der Waals surface area contributed by atoms with Gasteiger partial charge >= 0.3 is 0 Å². The summed E-state index contributed by atoms with van der Waals surface area (Å²) < 4.78 is 0. The Morgan fingerprint density at radius 2 is 1.95 bits per heavy atom. The van der Waals surface area contributed by atoms with Crippen molar-refractivity contribution in [3.05, 3.63) is 30.0 Å². The average molecular weight is 271 g/mol. The number of benzene rings is 1. The third kappa shape index (κ3) is 2.36. The second kappa shape index (κ2) is 5.75. The van der Waals surface area contributed by atoms with E-state index in [4.69, 9.17) is 5.11 Å². The summed E-state index contributed by atoms with van der Waals surface area (Å²) in [6, 6.07) is 8.88. The first-order chi connectivity index (χ1) is 9.81. The molecular formula is C16H21N3O. The number of hydrogen-bond acceptors (Lipinski definition) is 4. The maximum Gasteiger partial charge on any atom is 0.159 e. The van der Waals surface area contributed by atoms with E-state index in [0.717, 1.165) is 24.5 Å². The van der Waals surface area contributed by atoms with Crippen molar-refractivity contribution in [1.29, 1.82) is 0 Å². The highest BCUT2D eigenvalue weighted by Crippen LogP contribution is 2.33. The standard InChI is InChI=1S/C16H21N3O/c1-12-14-8-2-3-9-15(14)16(18-17-12)19(10-5-11-20)13-6-4-7-13/h2-3,8-9,13,20H,4-7,10-11H2,1H3. The van der Waals surface area contributed by atoms with Crippen LogP contribution in [0.25, 0.3) is 10.8 Å². The first-order valence-electron chi connectivity index (χ1n) is 7.41. The number of aromatic nitrogens is 2. The van der Waals surface area contributed by atoms with E-state index < -0.39 is 0 Å². The summed E-state index contributed by atoms with van der Waals surface area (Å²) in [5.41, 5.74) is 0.972. The second-order valence-corrected chi connectivity index (χ2v) is 5.51. The fourth-order valence-electron chi connectivity index (χ4n) is 2.84. The zero-order valence-electron chi connectivity index (χ0n) is 11.9. The Morgan fingerprint density at radius 3 is 2.60 bits per heavy atom. The third-order valence-electron chi connectivity index (χ3n) is 4.20. The number of anilines is 1. The topological polar surface area (TPSA) is 49.2 Å². The van der Waals surface area contributed by atoms with E-state index >= 15 is 0 Å². The Kier molecular flexibility index (Phi) is 3.83. The van der Waals surface area contributed by atoms with Crippen molar-refractivity contribution >= 4 is 16.6 Å². The van der Waals surface area contributed by atoms with Gasteiger partial charge in [0.2, 0.25) is 0 Å². The van der Waals surface area contributed by atoms with Gasteiger partial charge in [0.05, 0.1) is 5.69 Å². The van der Waals surface area contributed by atoms with E-state index in [9.17, 15) is 0 Å². The Bertz CT molecular complexity index is 595. The van der Waals surface area contributed by atoms with E-state index in [0.29, 0.717) is 6.04 Å². The molecule has 0 atom stereocenters. The van der Waals surface area contributed by atoms with Gasteiger partial charge in [-0.25, -0.2) is 0 Å². The number of aliphatic hydroxyl groups excluding tert-OH is 1. The smallest absolute Gasteiger partial charge is 0.159 e. The third-order valence-corrected chi connectivity index (χ3v) is 4.20. The molecule has 1 aliphatic rings. The van der Waals surface area contributed by atoms with Crippen LogP contribution in [0.1, 0.15) is 31.4 Å². The molecule has 20 heavy (non-hydrogen) atoms. The fraction of sp³-hybridized carbons (Fsp3) is 0.500. The first-order valence-corrected chi connectivity index (χ1v) is 7.41. The van der Waals surface area contributed by atoms with E-state index in [1.165, 1.54) is 30.0 Å². The van der Waals surface area contributed by atoms with Crippen LogP contribution < -0.4 is 4.90 Å². The van der Waals surface area contributed by atoms with Gasteiger partial charge in [-0.1, -0.05) is 24.3 Å². The van der Waals surface area contributed by atoms with Gasteiger partial charge in [-0.05, 0) is 32.6 Å². The molecule has 0 aliphatic heterocycles. The molecule has 0 bridgehead atoms. The molecule has 1 heterocycles. The Morgan fingerprint density at radius 1 is 1.20 bits per heavy atom. The first kappa shape index (κ1) is 13.3. The van der Waals surface area contributed by atoms with Crippen LogP contribution in [0.3, 0.4) is 0 Å². The van der Waals surface area contributed by atoms with Crippen LogP contribution in [0.5, 0.6) is 0 Å². The predicted octanol–water partition coefficient (Wildman–Crippen LogP) is 2.68. The van der Waals surface area contributed by atoms with Crippen LogP contribution in [0.15, 0.2) is 24.3 Å². The molecule has 2 aromatic rings. The summed E-state index contributed by atoms with van der Waals surface area (Å²) in [5, 5.41) is 20.3. The van der Waals surface area contributed by atoms with Crippen molar-refractivity contribution < 1.29 is 5.11 Å². The lowest BCUT2D eigenvalue weighted by Crippen LogP contribution is -2.42. The molecule has 3 rings (SSSR count). The van der Waals surface area contributed by atoms with Crippen LogP contribution >= 0.6 is 0 Å². The maximum atomic E-state index is 9.13. The second-order valence-electron chi connectivity index (χ2n) is 5.51. The molecule has 0 saturated heterocycles. The molecule has 106 valence electrons. The molecule has 4 heteroatoms. The lowest BCUT2D eigenvalue weighted by Gasteiger charge is -2.38.